The highest BCUT2D eigenvalue weighted by molar-refractivity contribution is 9.11. The summed E-state index contributed by atoms with van der Waals surface area (Å²) in [6, 6.07) is 9.77. The van der Waals surface area contributed by atoms with Crippen molar-refractivity contribution in [2.75, 3.05) is 5.32 Å². The van der Waals surface area contributed by atoms with Crippen LogP contribution in [-0.2, 0) is 6.54 Å². The quantitative estimate of drug-likeness (QED) is 0.697. The first-order chi connectivity index (χ1) is 10.2. The predicted octanol–water partition coefficient (Wildman–Crippen LogP) is 4.27. The number of anilines is 1. The molecule has 0 spiro atoms. The molecule has 7 heteroatoms. The Morgan fingerprint density at radius 1 is 1.19 bits per heavy atom. The number of aromatic nitrogens is 3. The zero-order valence-electron chi connectivity index (χ0n) is 10.8. The van der Waals surface area contributed by atoms with Crippen LogP contribution in [0.2, 0.25) is 0 Å². The van der Waals surface area contributed by atoms with Gasteiger partial charge in [-0.1, -0.05) is 6.07 Å². The van der Waals surface area contributed by atoms with E-state index < -0.39 is 0 Å². The molecule has 21 heavy (non-hydrogen) atoms. The number of benzene rings is 1. The van der Waals surface area contributed by atoms with Gasteiger partial charge in [-0.25, -0.2) is 0 Å². The van der Waals surface area contributed by atoms with Crippen molar-refractivity contribution in [3.8, 4) is 11.5 Å². The van der Waals surface area contributed by atoms with Gasteiger partial charge in [-0.05, 0) is 56.1 Å². The van der Waals surface area contributed by atoms with Crippen molar-refractivity contribution >= 4 is 37.5 Å². The van der Waals surface area contributed by atoms with Gasteiger partial charge in [0.15, 0.2) is 0 Å². The maximum absolute atomic E-state index is 5.19. The Kier molecular flexibility index (Phi) is 4.31. The van der Waals surface area contributed by atoms with Crippen LogP contribution in [0.15, 0.2) is 56.3 Å². The highest BCUT2D eigenvalue weighted by Gasteiger charge is 2.05. The van der Waals surface area contributed by atoms with Crippen molar-refractivity contribution in [2.24, 2.45) is 0 Å². The molecule has 1 aromatic carbocycles. The molecule has 0 unspecified atom stereocenters. The minimum atomic E-state index is 0.501. The van der Waals surface area contributed by atoms with E-state index in [-0.39, 0.29) is 0 Å². The Morgan fingerprint density at radius 2 is 2.10 bits per heavy atom. The fraction of sp³-hybridized carbons (Fsp3) is 0.0714. The van der Waals surface area contributed by atoms with E-state index in [9.17, 15) is 0 Å². The van der Waals surface area contributed by atoms with Crippen molar-refractivity contribution in [1.82, 2.24) is 15.2 Å². The van der Waals surface area contributed by atoms with E-state index in [1.165, 1.54) is 6.39 Å². The fourth-order valence-electron chi connectivity index (χ4n) is 1.82. The lowest BCUT2D eigenvalue weighted by molar-refractivity contribution is 0.568. The van der Waals surface area contributed by atoms with E-state index in [4.69, 9.17) is 4.42 Å². The van der Waals surface area contributed by atoms with Crippen LogP contribution in [0.1, 0.15) is 5.69 Å². The van der Waals surface area contributed by atoms with Crippen molar-refractivity contribution in [3.05, 3.63) is 57.6 Å². The molecule has 2 heterocycles. The second-order valence-electron chi connectivity index (χ2n) is 4.26. The van der Waals surface area contributed by atoms with E-state index in [2.05, 4.69) is 52.4 Å². The molecule has 0 aliphatic heterocycles. The lowest BCUT2D eigenvalue weighted by Crippen LogP contribution is -2.02. The van der Waals surface area contributed by atoms with Crippen LogP contribution < -0.4 is 5.32 Å². The number of nitrogens with one attached hydrogen (secondary N) is 1. The molecule has 3 aromatic rings. The lowest BCUT2D eigenvalue weighted by atomic mass is 10.2. The van der Waals surface area contributed by atoms with Gasteiger partial charge >= 0.3 is 0 Å². The third-order valence-electron chi connectivity index (χ3n) is 2.81. The Bertz CT molecular complexity index is 746. The van der Waals surface area contributed by atoms with Crippen LogP contribution >= 0.6 is 31.9 Å². The summed E-state index contributed by atoms with van der Waals surface area (Å²) < 4.78 is 7.09. The molecular formula is C14H10Br2N4O. The largest absolute Gasteiger partial charge is 0.423 e. The second-order valence-corrected chi connectivity index (χ2v) is 6.03. The van der Waals surface area contributed by atoms with Crippen molar-refractivity contribution in [1.29, 1.82) is 0 Å². The number of rotatable bonds is 4. The van der Waals surface area contributed by atoms with Gasteiger partial charge in [0.05, 0.1) is 12.2 Å². The van der Waals surface area contributed by atoms with Crippen LogP contribution in [0, 0.1) is 0 Å². The SMILES string of the molecule is Brc1cnc(CNc2cccc(-c3nnco3)c2)c(Br)c1. The number of halogens is 2. The monoisotopic (exact) mass is 408 g/mol. The highest BCUT2D eigenvalue weighted by atomic mass is 79.9. The van der Waals surface area contributed by atoms with Crippen molar-refractivity contribution in [3.63, 3.8) is 0 Å². The average molecular weight is 410 g/mol. The van der Waals surface area contributed by atoms with E-state index in [0.717, 1.165) is 25.9 Å². The average Bonchev–Trinajstić information content (AvgIpc) is 3.01. The van der Waals surface area contributed by atoms with E-state index >= 15 is 0 Å². The van der Waals surface area contributed by atoms with Gasteiger partial charge in [-0.2, -0.15) is 0 Å². The summed E-state index contributed by atoms with van der Waals surface area (Å²) in [7, 11) is 0. The molecule has 0 bridgehead atoms. The first-order valence-electron chi connectivity index (χ1n) is 6.13. The summed E-state index contributed by atoms with van der Waals surface area (Å²) in [5.74, 6) is 0.501. The summed E-state index contributed by atoms with van der Waals surface area (Å²) in [5.41, 5.74) is 2.77. The van der Waals surface area contributed by atoms with Gasteiger partial charge in [0.25, 0.3) is 0 Å². The smallest absolute Gasteiger partial charge is 0.247 e. The predicted molar refractivity (Wildman–Crippen MR) is 86.7 cm³/mol. The number of hydrogen-bond acceptors (Lipinski definition) is 5. The molecule has 106 valence electrons. The molecule has 0 saturated heterocycles. The second kappa shape index (κ2) is 6.36. The normalized spacial score (nSPS) is 10.6. The van der Waals surface area contributed by atoms with E-state index in [0.29, 0.717) is 12.4 Å². The zero-order chi connectivity index (χ0) is 14.7. The Hall–Kier alpha value is -1.73. The third-order valence-corrected chi connectivity index (χ3v) is 3.93. The van der Waals surface area contributed by atoms with Crippen LogP contribution in [0.4, 0.5) is 5.69 Å². The van der Waals surface area contributed by atoms with Crippen molar-refractivity contribution < 1.29 is 4.42 Å². The minimum Gasteiger partial charge on any atom is -0.423 e. The fourth-order valence-corrected chi connectivity index (χ4v) is 2.95. The molecular weight excluding hydrogens is 400 g/mol. The molecule has 2 aromatic heterocycles. The third kappa shape index (κ3) is 3.48. The molecule has 0 radical (unpaired) electrons. The Balaban J connectivity index is 1.75. The number of nitrogens with zero attached hydrogens (tertiary/aromatic N) is 3. The summed E-state index contributed by atoms with van der Waals surface area (Å²) in [5, 5.41) is 10.9. The Morgan fingerprint density at radius 3 is 2.86 bits per heavy atom. The summed E-state index contributed by atoms with van der Waals surface area (Å²) >= 11 is 6.89. The molecule has 0 fully saturated rings. The van der Waals surface area contributed by atoms with Crippen LogP contribution in [0.5, 0.6) is 0 Å². The highest BCUT2D eigenvalue weighted by Crippen LogP contribution is 2.23. The van der Waals surface area contributed by atoms with E-state index in [1.807, 2.05) is 30.3 Å². The van der Waals surface area contributed by atoms with Crippen LogP contribution in [0.25, 0.3) is 11.5 Å². The number of pyridine rings is 1. The molecule has 5 nitrogen and oxygen atoms in total. The summed E-state index contributed by atoms with van der Waals surface area (Å²) in [4.78, 5) is 4.37. The standard InChI is InChI=1S/C14H10Br2N4O/c15-10-5-12(16)13(18-6-10)7-17-11-3-1-2-9(4-11)14-20-19-8-21-14/h1-6,8,17H,7H2. The van der Waals surface area contributed by atoms with E-state index in [1.54, 1.807) is 6.20 Å². The van der Waals surface area contributed by atoms with Gasteiger partial charge in [0.1, 0.15) is 0 Å². The molecule has 3 rings (SSSR count). The molecule has 0 aliphatic rings. The number of hydrogen-bond donors (Lipinski definition) is 1. The van der Waals surface area contributed by atoms with Crippen molar-refractivity contribution in [2.45, 2.75) is 6.54 Å². The lowest BCUT2D eigenvalue weighted by Gasteiger charge is -2.08. The van der Waals surface area contributed by atoms with Crippen LogP contribution in [0.3, 0.4) is 0 Å². The first-order valence-corrected chi connectivity index (χ1v) is 7.71. The van der Waals surface area contributed by atoms with Gasteiger partial charge in [-0.15, -0.1) is 10.2 Å². The van der Waals surface area contributed by atoms with Gasteiger partial charge in [-0.3, -0.25) is 4.98 Å². The van der Waals surface area contributed by atoms with Gasteiger partial charge < -0.3 is 9.73 Å². The zero-order valence-corrected chi connectivity index (χ0v) is 13.9. The van der Waals surface area contributed by atoms with Gasteiger partial charge in [0.2, 0.25) is 12.3 Å². The van der Waals surface area contributed by atoms with Crippen LogP contribution in [-0.4, -0.2) is 15.2 Å². The summed E-state index contributed by atoms with van der Waals surface area (Å²) in [6.45, 7) is 0.612. The molecule has 1 N–H and O–H groups in total. The topological polar surface area (TPSA) is 63.8 Å². The maximum Gasteiger partial charge on any atom is 0.247 e. The first kappa shape index (κ1) is 14.2. The maximum atomic E-state index is 5.19. The summed E-state index contributed by atoms with van der Waals surface area (Å²) in [6.07, 6.45) is 3.09. The Labute approximate surface area is 138 Å². The molecule has 0 saturated carbocycles. The molecule has 0 aliphatic carbocycles. The minimum absolute atomic E-state index is 0.501. The van der Waals surface area contributed by atoms with Gasteiger partial charge in [0, 0.05) is 26.4 Å². The molecule has 0 amide bonds. The molecule has 0 atom stereocenters.